The molecular formula is C14H18ClN3O3. The van der Waals surface area contributed by atoms with Gasteiger partial charge in [0.05, 0.1) is 6.54 Å². The number of carboxylic acids is 1. The average Bonchev–Trinajstić information content (AvgIpc) is 2.43. The van der Waals surface area contributed by atoms with Crippen molar-refractivity contribution in [1.82, 2.24) is 9.80 Å². The second-order valence-electron chi connectivity index (χ2n) is 5.05. The molecular weight excluding hydrogens is 294 g/mol. The molecule has 7 heteroatoms. The van der Waals surface area contributed by atoms with Crippen LogP contribution in [0.5, 0.6) is 0 Å². The lowest BCUT2D eigenvalue weighted by Crippen LogP contribution is -2.51. The van der Waals surface area contributed by atoms with Crippen molar-refractivity contribution < 1.29 is 14.7 Å². The van der Waals surface area contributed by atoms with Gasteiger partial charge in [-0.3, -0.25) is 9.69 Å². The number of nitrogens with zero attached hydrogens (tertiary/aromatic N) is 2. The minimum absolute atomic E-state index is 0.0167. The van der Waals surface area contributed by atoms with Gasteiger partial charge in [-0.2, -0.15) is 0 Å². The molecule has 114 valence electrons. The zero-order valence-corrected chi connectivity index (χ0v) is 12.6. The molecule has 2 N–H and O–H groups in total. The van der Waals surface area contributed by atoms with Crippen molar-refractivity contribution in [2.75, 3.05) is 38.0 Å². The summed E-state index contributed by atoms with van der Waals surface area (Å²) in [6, 6.07) is 5.16. The highest BCUT2D eigenvalue weighted by molar-refractivity contribution is 6.31. The lowest BCUT2D eigenvalue weighted by molar-refractivity contribution is -0.138. The van der Waals surface area contributed by atoms with Crippen molar-refractivity contribution in [3.05, 3.63) is 28.8 Å². The maximum atomic E-state index is 12.2. The van der Waals surface area contributed by atoms with Crippen molar-refractivity contribution in [1.29, 1.82) is 0 Å². The predicted molar refractivity (Wildman–Crippen MR) is 80.9 cm³/mol. The molecule has 0 saturated carbocycles. The lowest BCUT2D eigenvalue weighted by Gasteiger charge is -2.33. The minimum atomic E-state index is -0.845. The van der Waals surface area contributed by atoms with Gasteiger partial charge in [-0.25, -0.2) is 4.79 Å². The molecule has 0 aliphatic carbocycles. The summed E-state index contributed by atoms with van der Waals surface area (Å²) in [6.07, 6.45) is 0. The molecule has 0 spiro atoms. The predicted octanol–water partition coefficient (Wildman–Crippen LogP) is 1.88. The third-order valence-electron chi connectivity index (χ3n) is 3.46. The van der Waals surface area contributed by atoms with Crippen LogP contribution >= 0.6 is 11.6 Å². The second-order valence-corrected chi connectivity index (χ2v) is 5.48. The Morgan fingerprint density at radius 1 is 1.29 bits per heavy atom. The fourth-order valence-corrected chi connectivity index (χ4v) is 2.40. The van der Waals surface area contributed by atoms with Gasteiger partial charge in [0.2, 0.25) is 0 Å². The number of piperazine rings is 1. The van der Waals surface area contributed by atoms with E-state index in [1.807, 2.05) is 17.9 Å². The molecule has 0 bridgehead atoms. The Balaban J connectivity index is 1.90. The summed E-state index contributed by atoms with van der Waals surface area (Å²) >= 11 is 5.93. The van der Waals surface area contributed by atoms with Crippen LogP contribution in [0.3, 0.4) is 0 Å². The number of carbonyl (C=O) groups is 2. The van der Waals surface area contributed by atoms with E-state index in [-0.39, 0.29) is 12.6 Å². The van der Waals surface area contributed by atoms with Crippen LogP contribution in [-0.2, 0) is 4.79 Å². The number of carbonyl (C=O) groups excluding carboxylic acids is 1. The van der Waals surface area contributed by atoms with Crippen molar-refractivity contribution in [3.8, 4) is 0 Å². The number of amides is 2. The van der Waals surface area contributed by atoms with E-state index in [9.17, 15) is 9.59 Å². The standard InChI is InChI=1S/C14H18ClN3O3/c1-10-2-3-11(15)8-12(10)16-14(21)18-6-4-17(5-7-18)9-13(19)20/h2-3,8H,4-7,9H2,1H3,(H,16,21)(H,19,20). The van der Waals surface area contributed by atoms with E-state index in [4.69, 9.17) is 16.7 Å². The van der Waals surface area contributed by atoms with Crippen molar-refractivity contribution >= 4 is 29.3 Å². The lowest BCUT2D eigenvalue weighted by atomic mass is 10.2. The van der Waals surface area contributed by atoms with Crippen LogP contribution < -0.4 is 5.32 Å². The Bertz CT molecular complexity index is 542. The summed E-state index contributed by atoms with van der Waals surface area (Å²) in [6.45, 7) is 4.07. The zero-order valence-electron chi connectivity index (χ0n) is 11.8. The van der Waals surface area contributed by atoms with Gasteiger partial charge in [0.25, 0.3) is 0 Å². The number of aliphatic carboxylic acids is 1. The van der Waals surface area contributed by atoms with Crippen molar-refractivity contribution in [2.45, 2.75) is 6.92 Å². The average molecular weight is 312 g/mol. The second kappa shape index (κ2) is 6.78. The van der Waals surface area contributed by atoms with Crippen LogP contribution in [0.25, 0.3) is 0 Å². The van der Waals surface area contributed by atoms with E-state index in [2.05, 4.69) is 5.32 Å². The molecule has 1 heterocycles. The summed E-state index contributed by atoms with van der Waals surface area (Å²) in [5, 5.41) is 12.2. The Morgan fingerprint density at radius 2 is 1.95 bits per heavy atom. The molecule has 0 radical (unpaired) electrons. The molecule has 0 unspecified atom stereocenters. The van der Waals surface area contributed by atoms with Gasteiger partial charge in [-0.05, 0) is 24.6 Å². The summed E-state index contributed by atoms with van der Waals surface area (Å²) in [5.41, 5.74) is 1.64. The molecule has 0 atom stereocenters. The molecule has 1 saturated heterocycles. The third kappa shape index (κ3) is 4.34. The Labute approximate surface area is 128 Å². The number of hydrogen-bond acceptors (Lipinski definition) is 3. The van der Waals surface area contributed by atoms with Crippen LogP contribution in [0.2, 0.25) is 5.02 Å². The number of halogens is 1. The molecule has 21 heavy (non-hydrogen) atoms. The van der Waals surface area contributed by atoms with E-state index < -0.39 is 5.97 Å². The van der Waals surface area contributed by atoms with E-state index in [1.165, 1.54) is 0 Å². The van der Waals surface area contributed by atoms with Gasteiger partial charge in [0.1, 0.15) is 0 Å². The highest BCUT2D eigenvalue weighted by Gasteiger charge is 2.22. The summed E-state index contributed by atoms with van der Waals surface area (Å²) in [7, 11) is 0. The van der Waals surface area contributed by atoms with Gasteiger partial charge in [0.15, 0.2) is 0 Å². The Hall–Kier alpha value is -1.79. The first-order chi connectivity index (χ1) is 9.95. The van der Waals surface area contributed by atoms with Gasteiger partial charge in [-0.15, -0.1) is 0 Å². The van der Waals surface area contributed by atoms with Crippen molar-refractivity contribution in [3.63, 3.8) is 0 Å². The summed E-state index contributed by atoms with van der Waals surface area (Å²) in [5.74, 6) is -0.845. The molecule has 1 aromatic rings. The van der Waals surface area contributed by atoms with Crippen molar-refractivity contribution in [2.24, 2.45) is 0 Å². The molecule has 6 nitrogen and oxygen atoms in total. The number of anilines is 1. The largest absolute Gasteiger partial charge is 0.480 e. The van der Waals surface area contributed by atoms with E-state index in [0.717, 1.165) is 5.56 Å². The van der Waals surface area contributed by atoms with Crippen LogP contribution in [0.1, 0.15) is 5.56 Å². The number of aryl methyl sites for hydroxylation is 1. The molecule has 0 aromatic heterocycles. The number of nitrogens with one attached hydrogen (secondary N) is 1. The fraction of sp³-hybridized carbons (Fsp3) is 0.429. The summed E-state index contributed by atoms with van der Waals surface area (Å²) in [4.78, 5) is 26.3. The maximum absolute atomic E-state index is 12.2. The number of hydrogen-bond donors (Lipinski definition) is 2. The monoisotopic (exact) mass is 311 g/mol. The smallest absolute Gasteiger partial charge is 0.321 e. The van der Waals surface area contributed by atoms with Crippen LogP contribution in [0.15, 0.2) is 18.2 Å². The normalized spacial score (nSPS) is 15.8. The molecule has 1 aliphatic rings. The van der Waals surface area contributed by atoms with Crippen LogP contribution in [-0.4, -0.2) is 59.6 Å². The fourth-order valence-electron chi connectivity index (χ4n) is 2.22. The number of carboxylic acid groups (broad SMARTS) is 1. The number of benzene rings is 1. The van der Waals surface area contributed by atoms with Crippen LogP contribution in [0, 0.1) is 6.92 Å². The SMILES string of the molecule is Cc1ccc(Cl)cc1NC(=O)N1CCN(CC(=O)O)CC1. The quantitative estimate of drug-likeness (QED) is 0.894. The van der Waals surface area contributed by atoms with E-state index in [0.29, 0.717) is 36.9 Å². The minimum Gasteiger partial charge on any atom is -0.480 e. The molecule has 2 amide bonds. The first-order valence-electron chi connectivity index (χ1n) is 6.72. The Morgan fingerprint density at radius 3 is 2.57 bits per heavy atom. The first kappa shape index (κ1) is 15.6. The van der Waals surface area contributed by atoms with Crippen LogP contribution in [0.4, 0.5) is 10.5 Å². The van der Waals surface area contributed by atoms with E-state index in [1.54, 1.807) is 17.0 Å². The number of rotatable bonds is 3. The van der Waals surface area contributed by atoms with Gasteiger partial charge >= 0.3 is 12.0 Å². The Kier molecular flexibility index (Phi) is 5.03. The first-order valence-corrected chi connectivity index (χ1v) is 7.10. The maximum Gasteiger partial charge on any atom is 0.321 e. The summed E-state index contributed by atoms with van der Waals surface area (Å²) < 4.78 is 0. The highest BCUT2D eigenvalue weighted by atomic mass is 35.5. The van der Waals surface area contributed by atoms with Gasteiger partial charge < -0.3 is 15.3 Å². The molecule has 1 aliphatic heterocycles. The number of urea groups is 1. The highest BCUT2D eigenvalue weighted by Crippen LogP contribution is 2.20. The topological polar surface area (TPSA) is 72.9 Å². The molecule has 1 aromatic carbocycles. The van der Waals surface area contributed by atoms with Gasteiger partial charge in [0, 0.05) is 36.9 Å². The molecule has 1 fully saturated rings. The molecule has 2 rings (SSSR count). The van der Waals surface area contributed by atoms with Gasteiger partial charge in [-0.1, -0.05) is 17.7 Å². The van der Waals surface area contributed by atoms with E-state index >= 15 is 0 Å². The third-order valence-corrected chi connectivity index (χ3v) is 3.69. The zero-order chi connectivity index (χ0) is 15.4.